The number of esters is 1. The van der Waals surface area contributed by atoms with Crippen LogP contribution in [0.25, 0.3) is 0 Å². The van der Waals surface area contributed by atoms with Gasteiger partial charge in [0.25, 0.3) is 0 Å². The Kier molecular flexibility index (Phi) is 4.39. The van der Waals surface area contributed by atoms with E-state index >= 15 is 0 Å². The van der Waals surface area contributed by atoms with E-state index < -0.39 is 11.6 Å². The quantitative estimate of drug-likeness (QED) is 0.490. The predicted molar refractivity (Wildman–Crippen MR) is 67.2 cm³/mol. The van der Waals surface area contributed by atoms with E-state index in [2.05, 4.69) is 6.58 Å². The Balaban J connectivity index is 2.55. The van der Waals surface area contributed by atoms with Crippen LogP contribution in [-0.4, -0.2) is 29.1 Å². The first-order chi connectivity index (χ1) is 8.32. The summed E-state index contributed by atoms with van der Waals surface area (Å²) in [6.07, 6.45) is 0. The lowest BCUT2D eigenvalue weighted by molar-refractivity contribution is -0.140. The minimum absolute atomic E-state index is 0.0802. The maximum atomic E-state index is 11.7. The fourth-order valence-corrected chi connectivity index (χ4v) is 1.18. The summed E-state index contributed by atoms with van der Waals surface area (Å²) in [6, 6.07) is 8.52. The minimum atomic E-state index is -1.35. The molecule has 0 spiro atoms. The third-order valence-electron chi connectivity index (χ3n) is 2.42. The van der Waals surface area contributed by atoms with Crippen LogP contribution in [0.5, 0.6) is 0 Å². The molecule has 1 N–H and O–H groups in total. The second-order valence-electron chi connectivity index (χ2n) is 4.40. The number of carbonyl (C=O) groups excluding carboxylic acids is 2. The van der Waals surface area contributed by atoms with Gasteiger partial charge in [0.05, 0.1) is 11.2 Å². The molecule has 0 aliphatic heterocycles. The van der Waals surface area contributed by atoms with Crippen LogP contribution in [0.4, 0.5) is 0 Å². The number of benzene rings is 1. The fraction of sp³-hybridized carbons (Fsp3) is 0.286. The standard InChI is InChI=1S/C14H16O4/c1-10(14(2,3)17)13(16)18-9-12(15)11-7-5-4-6-8-11/h4-8,17H,1,9H2,2-3H3. The van der Waals surface area contributed by atoms with Crippen molar-refractivity contribution in [3.8, 4) is 0 Å². The normalized spacial score (nSPS) is 10.8. The van der Waals surface area contributed by atoms with Gasteiger partial charge in [-0.25, -0.2) is 4.79 Å². The van der Waals surface area contributed by atoms with Crippen molar-refractivity contribution in [2.75, 3.05) is 6.61 Å². The van der Waals surface area contributed by atoms with Gasteiger partial charge in [-0.05, 0) is 13.8 Å². The van der Waals surface area contributed by atoms with Crippen molar-refractivity contribution in [3.63, 3.8) is 0 Å². The molecule has 0 bridgehead atoms. The maximum Gasteiger partial charge on any atom is 0.336 e. The van der Waals surface area contributed by atoms with Crippen molar-refractivity contribution in [2.45, 2.75) is 19.4 Å². The van der Waals surface area contributed by atoms with Crippen LogP contribution >= 0.6 is 0 Å². The molecule has 0 saturated heterocycles. The lowest BCUT2D eigenvalue weighted by Gasteiger charge is -2.18. The smallest absolute Gasteiger partial charge is 0.336 e. The van der Waals surface area contributed by atoms with Gasteiger partial charge in [0.15, 0.2) is 12.4 Å². The highest BCUT2D eigenvalue weighted by molar-refractivity contribution is 5.99. The molecular weight excluding hydrogens is 232 g/mol. The highest BCUT2D eigenvalue weighted by Gasteiger charge is 2.25. The Hall–Kier alpha value is -1.94. The Morgan fingerprint density at radius 1 is 1.28 bits per heavy atom. The molecule has 1 aromatic rings. The van der Waals surface area contributed by atoms with Crippen LogP contribution in [0, 0.1) is 0 Å². The van der Waals surface area contributed by atoms with Gasteiger partial charge in [-0.1, -0.05) is 36.9 Å². The van der Waals surface area contributed by atoms with E-state index in [9.17, 15) is 14.7 Å². The topological polar surface area (TPSA) is 63.6 Å². The zero-order valence-corrected chi connectivity index (χ0v) is 10.5. The van der Waals surface area contributed by atoms with Gasteiger partial charge in [-0.15, -0.1) is 0 Å². The van der Waals surface area contributed by atoms with Crippen LogP contribution in [0.3, 0.4) is 0 Å². The molecule has 1 aromatic carbocycles. The first-order valence-electron chi connectivity index (χ1n) is 5.49. The van der Waals surface area contributed by atoms with Crippen molar-refractivity contribution in [1.29, 1.82) is 0 Å². The Morgan fingerprint density at radius 2 is 1.83 bits per heavy atom. The molecule has 0 heterocycles. The number of Topliss-reactive ketones (excluding diaryl/α,β-unsaturated/α-hetero) is 1. The molecule has 96 valence electrons. The molecule has 0 atom stereocenters. The number of aliphatic hydroxyl groups is 1. The fourth-order valence-electron chi connectivity index (χ4n) is 1.18. The summed E-state index contributed by atoms with van der Waals surface area (Å²) < 4.78 is 4.80. The lowest BCUT2D eigenvalue weighted by atomic mass is 10.0. The summed E-state index contributed by atoms with van der Waals surface area (Å²) in [6.45, 7) is 5.93. The second-order valence-corrected chi connectivity index (χ2v) is 4.40. The first kappa shape index (κ1) is 14.1. The first-order valence-corrected chi connectivity index (χ1v) is 5.49. The summed E-state index contributed by atoms with van der Waals surface area (Å²) in [7, 11) is 0. The van der Waals surface area contributed by atoms with Crippen molar-refractivity contribution < 1.29 is 19.4 Å². The zero-order valence-electron chi connectivity index (χ0n) is 10.5. The predicted octanol–water partition coefficient (Wildman–Crippen LogP) is 1.74. The van der Waals surface area contributed by atoms with Gasteiger partial charge in [0.1, 0.15) is 0 Å². The monoisotopic (exact) mass is 248 g/mol. The number of hydrogen-bond acceptors (Lipinski definition) is 4. The average molecular weight is 248 g/mol. The van der Waals surface area contributed by atoms with Crippen molar-refractivity contribution in [1.82, 2.24) is 0 Å². The van der Waals surface area contributed by atoms with E-state index in [1.54, 1.807) is 30.3 Å². The van der Waals surface area contributed by atoms with Crippen molar-refractivity contribution in [3.05, 3.63) is 48.0 Å². The molecule has 0 unspecified atom stereocenters. The largest absolute Gasteiger partial charge is 0.454 e. The number of hydrogen-bond donors (Lipinski definition) is 1. The molecule has 1 rings (SSSR count). The molecular formula is C14H16O4. The summed E-state index contributed by atoms with van der Waals surface area (Å²) in [4.78, 5) is 23.1. The summed E-state index contributed by atoms with van der Waals surface area (Å²) in [5.41, 5.74) is -0.963. The molecule has 18 heavy (non-hydrogen) atoms. The molecule has 0 amide bonds. The van der Waals surface area contributed by atoms with Gasteiger partial charge >= 0.3 is 5.97 Å². The highest BCUT2D eigenvalue weighted by atomic mass is 16.5. The van der Waals surface area contributed by atoms with Crippen LogP contribution in [0.15, 0.2) is 42.5 Å². The third-order valence-corrected chi connectivity index (χ3v) is 2.42. The lowest BCUT2D eigenvalue weighted by Crippen LogP contribution is -2.29. The number of rotatable bonds is 5. The number of carbonyl (C=O) groups is 2. The Bertz CT molecular complexity index is 454. The van der Waals surface area contributed by atoms with Gasteiger partial charge < -0.3 is 9.84 Å². The maximum absolute atomic E-state index is 11.7. The molecule has 4 nitrogen and oxygen atoms in total. The van der Waals surface area contributed by atoms with E-state index in [-0.39, 0.29) is 18.0 Å². The van der Waals surface area contributed by atoms with Gasteiger partial charge in [-0.2, -0.15) is 0 Å². The highest BCUT2D eigenvalue weighted by Crippen LogP contribution is 2.14. The third kappa shape index (κ3) is 3.82. The summed E-state index contributed by atoms with van der Waals surface area (Å²) >= 11 is 0. The average Bonchev–Trinajstić information content (AvgIpc) is 2.34. The molecule has 0 fully saturated rings. The van der Waals surface area contributed by atoms with Crippen molar-refractivity contribution in [2.24, 2.45) is 0 Å². The molecule has 4 heteroatoms. The van der Waals surface area contributed by atoms with E-state index in [4.69, 9.17) is 4.74 Å². The van der Waals surface area contributed by atoms with E-state index in [0.29, 0.717) is 5.56 Å². The molecule has 0 saturated carbocycles. The van der Waals surface area contributed by atoms with Crippen LogP contribution in [0.2, 0.25) is 0 Å². The van der Waals surface area contributed by atoms with E-state index in [1.807, 2.05) is 0 Å². The zero-order chi connectivity index (χ0) is 13.8. The second kappa shape index (κ2) is 5.60. The molecule has 0 aliphatic rings. The minimum Gasteiger partial charge on any atom is -0.454 e. The SMILES string of the molecule is C=C(C(=O)OCC(=O)c1ccccc1)C(C)(C)O. The summed E-state index contributed by atoms with van der Waals surface area (Å²) in [5.74, 6) is -1.07. The number of ether oxygens (including phenoxy) is 1. The van der Waals surface area contributed by atoms with E-state index in [1.165, 1.54) is 13.8 Å². The van der Waals surface area contributed by atoms with Crippen LogP contribution in [0.1, 0.15) is 24.2 Å². The van der Waals surface area contributed by atoms with Crippen molar-refractivity contribution >= 4 is 11.8 Å². The molecule has 0 radical (unpaired) electrons. The Labute approximate surface area is 106 Å². The van der Waals surface area contributed by atoms with Crippen LogP contribution in [-0.2, 0) is 9.53 Å². The van der Waals surface area contributed by atoms with Gasteiger partial charge in [0, 0.05) is 5.56 Å². The van der Waals surface area contributed by atoms with E-state index in [0.717, 1.165) is 0 Å². The Morgan fingerprint density at radius 3 is 2.33 bits per heavy atom. The number of ketones is 1. The van der Waals surface area contributed by atoms with Crippen LogP contribution < -0.4 is 0 Å². The molecule has 0 aliphatic carbocycles. The molecule has 0 aromatic heterocycles. The van der Waals surface area contributed by atoms with Gasteiger partial charge in [-0.3, -0.25) is 4.79 Å². The summed E-state index contributed by atoms with van der Waals surface area (Å²) in [5, 5.41) is 9.55. The van der Waals surface area contributed by atoms with Gasteiger partial charge in [0.2, 0.25) is 0 Å².